The Hall–Kier alpha value is 0.270. The summed E-state index contributed by atoms with van der Waals surface area (Å²) >= 11 is 1.87. The zero-order valence-corrected chi connectivity index (χ0v) is 6.21. The van der Waals surface area contributed by atoms with Crippen LogP contribution in [0.1, 0.15) is 25.7 Å². The normalized spacial score (nSPS) is 42.7. The first-order chi connectivity index (χ1) is 4.47. The zero-order chi connectivity index (χ0) is 6.10. The highest BCUT2D eigenvalue weighted by molar-refractivity contribution is 7.98. The lowest BCUT2D eigenvalue weighted by Crippen LogP contribution is -2.35. The molecular weight excluding hydrogens is 132 g/mol. The van der Waals surface area contributed by atoms with Crippen LogP contribution in [0.4, 0.5) is 0 Å². The summed E-state index contributed by atoms with van der Waals surface area (Å²) in [6.07, 6.45) is 5.61. The zero-order valence-electron chi connectivity index (χ0n) is 5.39. The molecule has 52 valence electrons. The summed E-state index contributed by atoms with van der Waals surface area (Å²) in [5, 5.41) is 0.860. The number of nitrogens with one attached hydrogen (secondary N) is 2. The molecule has 0 spiro atoms. The van der Waals surface area contributed by atoms with Gasteiger partial charge >= 0.3 is 0 Å². The third-order valence-corrected chi connectivity index (χ3v) is 3.26. The van der Waals surface area contributed by atoms with Gasteiger partial charge in [0.05, 0.1) is 0 Å². The van der Waals surface area contributed by atoms with E-state index in [1.54, 1.807) is 0 Å². The topological polar surface area (TPSA) is 24.1 Å². The summed E-state index contributed by atoms with van der Waals surface area (Å²) in [5.41, 5.74) is 3.27. The molecule has 2 rings (SSSR count). The predicted octanol–water partition coefficient (Wildman–Crippen LogP) is 1.05. The van der Waals surface area contributed by atoms with E-state index in [2.05, 4.69) is 10.3 Å². The monoisotopic (exact) mass is 144 g/mol. The number of hydrogen-bond donors (Lipinski definition) is 2. The maximum atomic E-state index is 3.27. The molecule has 2 aliphatic rings. The molecule has 1 saturated heterocycles. The third-order valence-electron chi connectivity index (χ3n) is 2.16. The highest BCUT2D eigenvalue weighted by Gasteiger charge is 2.29. The summed E-state index contributed by atoms with van der Waals surface area (Å²) in [6, 6.07) is 0.767. The molecule has 3 heteroatoms. The molecule has 1 aliphatic heterocycles. The van der Waals surface area contributed by atoms with Crippen molar-refractivity contribution in [2.45, 2.75) is 37.0 Å². The van der Waals surface area contributed by atoms with E-state index in [0.717, 1.165) is 11.3 Å². The second kappa shape index (κ2) is 2.48. The van der Waals surface area contributed by atoms with Crippen molar-refractivity contribution in [1.82, 2.24) is 10.3 Å². The Morgan fingerprint density at radius 3 is 3.00 bits per heavy atom. The van der Waals surface area contributed by atoms with E-state index in [4.69, 9.17) is 0 Å². The quantitative estimate of drug-likeness (QED) is 0.497. The fourth-order valence-electron chi connectivity index (χ4n) is 1.59. The van der Waals surface area contributed by atoms with Gasteiger partial charge in [-0.15, -0.1) is 0 Å². The van der Waals surface area contributed by atoms with Gasteiger partial charge in [0, 0.05) is 11.3 Å². The van der Waals surface area contributed by atoms with Crippen molar-refractivity contribution in [1.29, 1.82) is 0 Å². The van der Waals surface area contributed by atoms with Crippen LogP contribution in [-0.2, 0) is 0 Å². The van der Waals surface area contributed by atoms with Crippen LogP contribution < -0.4 is 10.3 Å². The fourth-order valence-corrected chi connectivity index (χ4v) is 2.61. The Kier molecular flexibility index (Phi) is 1.66. The number of fused-ring (bicyclic) bond motifs is 1. The molecule has 0 bridgehead atoms. The first kappa shape index (κ1) is 6.01. The summed E-state index contributed by atoms with van der Waals surface area (Å²) in [7, 11) is 0. The molecule has 1 aliphatic carbocycles. The molecule has 9 heavy (non-hydrogen) atoms. The summed E-state index contributed by atoms with van der Waals surface area (Å²) in [5.74, 6) is 0. The van der Waals surface area contributed by atoms with Gasteiger partial charge in [-0.25, -0.2) is 10.3 Å². The number of hydrogen-bond acceptors (Lipinski definition) is 3. The molecule has 0 aromatic heterocycles. The van der Waals surface area contributed by atoms with Crippen LogP contribution in [0.5, 0.6) is 0 Å². The molecule has 1 heterocycles. The van der Waals surface area contributed by atoms with E-state index in [1.807, 2.05) is 11.9 Å². The Morgan fingerprint density at radius 2 is 2.11 bits per heavy atom. The SMILES string of the molecule is C1CCC2SNNC2C1. The first-order valence-electron chi connectivity index (χ1n) is 3.63. The molecule has 2 unspecified atom stereocenters. The van der Waals surface area contributed by atoms with E-state index in [1.165, 1.54) is 25.7 Å². The van der Waals surface area contributed by atoms with Crippen LogP contribution in [0.15, 0.2) is 0 Å². The molecule has 0 aromatic rings. The van der Waals surface area contributed by atoms with Gasteiger partial charge in [0.25, 0.3) is 0 Å². The van der Waals surface area contributed by atoms with Crippen molar-refractivity contribution in [3.05, 3.63) is 0 Å². The largest absolute Gasteiger partial charge is 0.244 e. The predicted molar refractivity (Wildman–Crippen MR) is 39.9 cm³/mol. The van der Waals surface area contributed by atoms with Gasteiger partial charge in [0.15, 0.2) is 0 Å². The lowest BCUT2D eigenvalue weighted by atomic mass is 9.96. The van der Waals surface area contributed by atoms with Crippen molar-refractivity contribution in [3.8, 4) is 0 Å². The minimum absolute atomic E-state index is 0.767. The molecule has 0 radical (unpaired) electrons. The Labute approximate surface area is 59.9 Å². The van der Waals surface area contributed by atoms with Gasteiger partial charge in [-0.3, -0.25) is 0 Å². The Balaban J connectivity index is 1.97. The minimum Gasteiger partial charge on any atom is -0.244 e. The van der Waals surface area contributed by atoms with Gasteiger partial charge in [0.1, 0.15) is 0 Å². The van der Waals surface area contributed by atoms with Crippen molar-refractivity contribution < 1.29 is 0 Å². The maximum Gasteiger partial charge on any atom is 0.0372 e. The van der Waals surface area contributed by atoms with Crippen LogP contribution in [0.25, 0.3) is 0 Å². The standard InChI is InChI=1S/C6H12N2S/c1-2-4-6-5(3-1)7-8-9-6/h5-8H,1-4H2. The van der Waals surface area contributed by atoms with Crippen molar-refractivity contribution >= 4 is 11.9 Å². The molecule has 0 aromatic carbocycles. The summed E-state index contributed by atoms with van der Waals surface area (Å²) < 4.78 is 0. The molecule has 2 N–H and O–H groups in total. The van der Waals surface area contributed by atoms with E-state index < -0.39 is 0 Å². The molecular formula is C6H12N2S. The lowest BCUT2D eigenvalue weighted by Gasteiger charge is -2.21. The minimum atomic E-state index is 0.767. The van der Waals surface area contributed by atoms with E-state index >= 15 is 0 Å². The van der Waals surface area contributed by atoms with Crippen molar-refractivity contribution in [2.75, 3.05) is 0 Å². The van der Waals surface area contributed by atoms with Crippen LogP contribution in [0.2, 0.25) is 0 Å². The van der Waals surface area contributed by atoms with Crippen LogP contribution in [-0.4, -0.2) is 11.3 Å². The van der Waals surface area contributed by atoms with E-state index in [9.17, 15) is 0 Å². The molecule has 2 nitrogen and oxygen atoms in total. The molecule has 2 fully saturated rings. The van der Waals surface area contributed by atoms with E-state index in [-0.39, 0.29) is 0 Å². The van der Waals surface area contributed by atoms with E-state index in [0.29, 0.717) is 0 Å². The molecule has 2 atom stereocenters. The number of rotatable bonds is 0. The second-order valence-electron chi connectivity index (χ2n) is 2.79. The fraction of sp³-hybridized carbons (Fsp3) is 1.00. The van der Waals surface area contributed by atoms with Crippen molar-refractivity contribution in [2.24, 2.45) is 0 Å². The van der Waals surface area contributed by atoms with Crippen LogP contribution in [0.3, 0.4) is 0 Å². The average molecular weight is 144 g/mol. The summed E-state index contributed by atoms with van der Waals surface area (Å²) in [6.45, 7) is 0. The van der Waals surface area contributed by atoms with Gasteiger partial charge in [-0.2, -0.15) is 0 Å². The maximum absolute atomic E-state index is 3.27. The average Bonchev–Trinajstić information content (AvgIpc) is 2.33. The highest BCUT2D eigenvalue weighted by Crippen LogP contribution is 2.29. The Bertz CT molecular complexity index is 95.2. The first-order valence-corrected chi connectivity index (χ1v) is 4.51. The molecule has 0 amide bonds. The van der Waals surface area contributed by atoms with Gasteiger partial charge in [-0.1, -0.05) is 24.8 Å². The smallest absolute Gasteiger partial charge is 0.0372 e. The number of hydrazine groups is 1. The molecule has 1 saturated carbocycles. The van der Waals surface area contributed by atoms with Crippen LogP contribution >= 0.6 is 11.9 Å². The van der Waals surface area contributed by atoms with Gasteiger partial charge in [-0.05, 0) is 12.8 Å². The third kappa shape index (κ3) is 1.09. The van der Waals surface area contributed by atoms with Gasteiger partial charge < -0.3 is 0 Å². The summed E-state index contributed by atoms with van der Waals surface area (Å²) in [4.78, 5) is 3.13. The Morgan fingerprint density at radius 1 is 1.22 bits per heavy atom. The van der Waals surface area contributed by atoms with Crippen molar-refractivity contribution in [3.63, 3.8) is 0 Å². The second-order valence-corrected chi connectivity index (χ2v) is 3.84. The lowest BCUT2D eigenvalue weighted by molar-refractivity contribution is 0.402. The van der Waals surface area contributed by atoms with Crippen LogP contribution in [0, 0.1) is 0 Å². The highest BCUT2D eigenvalue weighted by atomic mass is 32.2. The van der Waals surface area contributed by atoms with Gasteiger partial charge in [0.2, 0.25) is 0 Å².